The lowest BCUT2D eigenvalue weighted by Crippen LogP contribution is -2.40. The predicted molar refractivity (Wildman–Crippen MR) is 130 cm³/mol. The summed E-state index contributed by atoms with van der Waals surface area (Å²) < 4.78 is 41.2. The predicted octanol–water partition coefficient (Wildman–Crippen LogP) is 2.82. The number of hydrogen-bond acceptors (Lipinski definition) is 5. The van der Waals surface area contributed by atoms with Crippen molar-refractivity contribution in [2.24, 2.45) is 0 Å². The lowest BCUT2D eigenvalue weighted by atomic mass is 10.0. The van der Waals surface area contributed by atoms with Gasteiger partial charge in [-0.05, 0) is 62.6 Å². The van der Waals surface area contributed by atoms with Crippen molar-refractivity contribution in [2.75, 3.05) is 44.9 Å². The number of aromatic nitrogens is 1. The largest absolute Gasteiger partial charge is 0.379 e. The molecule has 1 aromatic carbocycles. The maximum Gasteiger partial charge on any atom is 0.258 e. The van der Waals surface area contributed by atoms with E-state index in [0.717, 1.165) is 42.9 Å². The quantitative estimate of drug-likeness (QED) is 0.609. The standard InChI is InChI=1S/C25H31N3O5S/c1-17-13-19(18(2)28(17)16-20-5-4-10-33-20)14-23-22-15-21(6-7-24(22)26(3)25(23)29)34(30,31)27-8-11-32-12-9-27/h6-7,13-15,20H,4-5,8-12,16H2,1-3H3/b23-14-/t20-/m1/s1. The molecule has 1 atom stereocenters. The van der Waals surface area contributed by atoms with Gasteiger partial charge in [-0.1, -0.05) is 0 Å². The molecule has 182 valence electrons. The number of morpholine rings is 1. The minimum atomic E-state index is -3.66. The Morgan fingerprint density at radius 1 is 1.12 bits per heavy atom. The lowest BCUT2D eigenvalue weighted by Gasteiger charge is -2.26. The van der Waals surface area contributed by atoms with E-state index in [1.807, 2.05) is 6.08 Å². The third-order valence-electron chi connectivity index (χ3n) is 7.09. The average Bonchev–Trinajstić information content (AvgIpc) is 3.51. The van der Waals surface area contributed by atoms with E-state index in [4.69, 9.17) is 9.47 Å². The number of ether oxygens (including phenoxy) is 2. The van der Waals surface area contributed by atoms with Gasteiger partial charge in [0.1, 0.15) is 0 Å². The molecule has 5 rings (SSSR count). The molecule has 0 N–H and O–H groups in total. The van der Waals surface area contributed by atoms with Crippen molar-refractivity contribution in [1.82, 2.24) is 8.87 Å². The van der Waals surface area contributed by atoms with Crippen LogP contribution >= 0.6 is 0 Å². The van der Waals surface area contributed by atoms with Gasteiger partial charge in [0, 0.05) is 55.8 Å². The van der Waals surface area contributed by atoms with Crippen LogP contribution in [0.3, 0.4) is 0 Å². The summed E-state index contributed by atoms with van der Waals surface area (Å²) in [5.74, 6) is -0.139. The Hall–Kier alpha value is -2.46. The highest BCUT2D eigenvalue weighted by Gasteiger charge is 2.33. The fourth-order valence-electron chi connectivity index (χ4n) is 5.07. The number of carbonyl (C=O) groups excluding carboxylic acids is 1. The topological polar surface area (TPSA) is 81.1 Å². The lowest BCUT2D eigenvalue weighted by molar-refractivity contribution is -0.112. The molecule has 0 unspecified atom stereocenters. The fourth-order valence-corrected chi connectivity index (χ4v) is 6.50. The Kier molecular flexibility index (Phi) is 6.14. The van der Waals surface area contributed by atoms with E-state index in [9.17, 15) is 13.2 Å². The summed E-state index contributed by atoms with van der Waals surface area (Å²) in [4.78, 5) is 14.9. The number of rotatable bonds is 5. The monoisotopic (exact) mass is 485 g/mol. The summed E-state index contributed by atoms with van der Waals surface area (Å²) in [5.41, 5.74) is 5.01. The molecule has 3 aliphatic rings. The second-order valence-electron chi connectivity index (χ2n) is 9.19. The summed E-state index contributed by atoms with van der Waals surface area (Å²) in [6.45, 7) is 7.16. The van der Waals surface area contributed by atoms with Gasteiger partial charge in [-0.15, -0.1) is 0 Å². The highest BCUT2D eigenvalue weighted by Crippen LogP contribution is 2.39. The van der Waals surface area contributed by atoms with Crippen molar-refractivity contribution in [3.63, 3.8) is 0 Å². The van der Waals surface area contributed by atoms with Crippen molar-refractivity contribution < 1.29 is 22.7 Å². The molecular weight excluding hydrogens is 454 g/mol. The first-order valence-corrected chi connectivity index (χ1v) is 13.2. The Bertz CT molecular complexity index is 1250. The van der Waals surface area contributed by atoms with Gasteiger partial charge in [0.2, 0.25) is 10.0 Å². The number of aryl methyl sites for hydroxylation is 1. The maximum atomic E-state index is 13.2. The molecule has 0 saturated carbocycles. The molecule has 2 fully saturated rings. The van der Waals surface area contributed by atoms with Crippen LogP contribution < -0.4 is 4.90 Å². The van der Waals surface area contributed by atoms with Gasteiger partial charge < -0.3 is 18.9 Å². The molecule has 0 bridgehead atoms. The number of nitrogens with zero attached hydrogens (tertiary/aromatic N) is 3. The third-order valence-corrected chi connectivity index (χ3v) is 8.98. The molecule has 2 aromatic rings. The molecule has 1 amide bonds. The molecule has 0 radical (unpaired) electrons. The Labute approximate surface area is 200 Å². The summed E-state index contributed by atoms with van der Waals surface area (Å²) in [7, 11) is -1.94. The second kappa shape index (κ2) is 8.96. The number of benzene rings is 1. The third kappa shape index (κ3) is 4.00. The Morgan fingerprint density at radius 2 is 1.88 bits per heavy atom. The summed E-state index contributed by atoms with van der Waals surface area (Å²) in [5, 5.41) is 0. The number of sulfonamides is 1. The van der Waals surface area contributed by atoms with Crippen molar-refractivity contribution in [1.29, 1.82) is 0 Å². The van der Waals surface area contributed by atoms with Gasteiger partial charge in [-0.3, -0.25) is 4.79 Å². The Balaban J connectivity index is 1.52. The van der Waals surface area contributed by atoms with Gasteiger partial charge in [0.15, 0.2) is 0 Å². The fraction of sp³-hybridized carbons (Fsp3) is 0.480. The molecule has 8 nitrogen and oxygen atoms in total. The van der Waals surface area contributed by atoms with E-state index < -0.39 is 10.0 Å². The molecule has 1 aromatic heterocycles. The Morgan fingerprint density at radius 3 is 2.59 bits per heavy atom. The SMILES string of the molecule is Cc1cc(/C=C2\C(=O)N(C)c3ccc(S(=O)(=O)N4CCOCC4)cc32)c(C)n1C[C@H]1CCCO1. The van der Waals surface area contributed by atoms with Gasteiger partial charge >= 0.3 is 0 Å². The van der Waals surface area contributed by atoms with E-state index in [2.05, 4.69) is 24.5 Å². The smallest absolute Gasteiger partial charge is 0.258 e. The first-order valence-electron chi connectivity index (χ1n) is 11.8. The summed E-state index contributed by atoms with van der Waals surface area (Å²) >= 11 is 0. The number of likely N-dealkylation sites (N-methyl/N-ethyl adjacent to an activating group) is 1. The minimum absolute atomic E-state index is 0.139. The zero-order valence-corrected chi connectivity index (χ0v) is 20.7. The minimum Gasteiger partial charge on any atom is -0.379 e. The van der Waals surface area contributed by atoms with Crippen molar-refractivity contribution in [3.05, 3.63) is 46.8 Å². The molecule has 4 heterocycles. The van der Waals surface area contributed by atoms with E-state index in [0.29, 0.717) is 43.1 Å². The van der Waals surface area contributed by atoms with Crippen LogP contribution in [0.4, 0.5) is 5.69 Å². The van der Waals surface area contributed by atoms with E-state index >= 15 is 0 Å². The van der Waals surface area contributed by atoms with Crippen molar-refractivity contribution >= 4 is 33.3 Å². The van der Waals surface area contributed by atoms with Crippen LogP contribution in [0.15, 0.2) is 29.2 Å². The number of anilines is 1. The van der Waals surface area contributed by atoms with Gasteiger partial charge in [0.25, 0.3) is 5.91 Å². The second-order valence-corrected chi connectivity index (χ2v) is 11.1. The van der Waals surface area contributed by atoms with Crippen LogP contribution in [-0.4, -0.2) is 69.3 Å². The first-order chi connectivity index (χ1) is 16.3. The van der Waals surface area contributed by atoms with E-state index in [1.165, 1.54) is 4.31 Å². The highest BCUT2D eigenvalue weighted by molar-refractivity contribution is 7.89. The molecule has 34 heavy (non-hydrogen) atoms. The summed E-state index contributed by atoms with van der Waals surface area (Å²) in [6, 6.07) is 7.03. The van der Waals surface area contributed by atoms with Crippen LogP contribution in [-0.2, 0) is 30.8 Å². The van der Waals surface area contributed by atoms with Crippen LogP contribution in [0, 0.1) is 13.8 Å². The van der Waals surface area contributed by atoms with E-state index in [1.54, 1.807) is 30.1 Å². The van der Waals surface area contributed by atoms with Crippen molar-refractivity contribution in [3.8, 4) is 0 Å². The van der Waals surface area contributed by atoms with Crippen LogP contribution in [0.1, 0.15) is 35.4 Å². The molecule has 0 spiro atoms. The van der Waals surface area contributed by atoms with Gasteiger partial charge in [-0.25, -0.2) is 8.42 Å². The maximum absolute atomic E-state index is 13.2. The average molecular weight is 486 g/mol. The van der Waals surface area contributed by atoms with Crippen LogP contribution in [0.5, 0.6) is 0 Å². The number of fused-ring (bicyclic) bond motifs is 1. The molecule has 9 heteroatoms. The van der Waals surface area contributed by atoms with Gasteiger partial charge in [-0.2, -0.15) is 4.31 Å². The van der Waals surface area contributed by atoms with Crippen LogP contribution in [0.25, 0.3) is 11.6 Å². The summed E-state index contributed by atoms with van der Waals surface area (Å²) in [6.07, 6.45) is 4.27. The first kappa shape index (κ1) is 23.3. The molecular formula is C25H31N3O5S. The van der Waals surface area contributed by atoms with Crippen LogP contribution in [0.2, 0.25) is 0 Å². The zero-order chi connectivity index (χ0) is 24.0. The molecule has 3 aliphatic heterocycles. The number of amides is 1. The number of carbonyl (C=O) groups is 1. The normalized spacial score (nSPS) is 22.7. The van der Waals surface area contributed by atoms with E-state index in [-0.39, 0.29) is 16.9 Å². The van der Waals surface area contributed by atoms with Crippen molar-refractivity contribution in [2.45, 2.75) is 44.2 Å². The highest BCUT2D eigenvalue weighted by atomic mass is 32.2. The molecule has 0 aliphatic carbocycles. The van der Waals surface area contributed by atoms with Gasteiger partial charge in [0.05, 0.1) is 29.9 Å². The molecule has 2 saturated heterocycles. The zero-order valence-electron chi connectivity index (χ0n) is 19.9. The number of hydrogen-bond donors (Lipinski definition) is 0.